The lowest BCUT2D eigenvalue weighted by Crippen LogP contribution is -2.45. The maximum atomic E-state index is 12.5. The Morgan fingerprint density at radius 1 is 1.06 bits per heavy atom. The van der Waals surface area contributed by atoms with Crippen LogP contribution in [0.5, 0.6) is 0 Å². The van der Waals surface area contributed by atoms with Gasteiger partial charge >= 0.3 is 18.1 Å². The number of hydrogen-bond acceptors (Lipinski definition) is 2. The van der Waals surface area contributed by atoms with Crippen LogP contribution in [0, 0.1) is 0 Å². The molecular weight excluding hydrogens is 259 g/mol. The summed E-state index contributed by atoms with van der Waals surface area (Å²) in [6.07, 6.45) is -5.86. The molecule has 0 saturated carbocycles. The number of rotatable bonds is 4. The minimum atomic E-state index is -5.93. The molecule has 0 aromatic heterocycles. The lowest BCUT2D eigenvalue weighted by Gasteiger charge is -2.17. The van der Waals surface area contributed by atoms with Crippen LogP contribution in [-0.2, 0) is 16.0 Å². The molecule has 0 amide bonds. The molecule has 0 bridgehead atoms. The number of carbonyl (C=O) groups excluding carboxylic acids is 1. The number of hydrogen-bond donors (Lipinski definition) is 0. The molecular formula is C11H9F5O2. The minimum absolute atomic E-state index is 0.0700. The fraction of sp³-hybridized carbons (Fsp3) is 0.364. The Balaban J connectivity index is 2.48. The molecule has 0 spiro atoms. The molecule has 0 heterocycles. The van der Waals surface area contributed by atoms with Crippen molar-refractivity contribution < 1.29 is 31.5 Å². The Hall–Kier alpha value is -1.66. The Labute approximate surface area is 99.4 Å². The van der Waals surface area contributed by atoms with E-state index in [1.54, 1.807) is 30.3 Å². The predicted octanol–water partition coefficient (Wildman–Crippen LogP) is 2.97. The van der Waals surface area contributed by atoms with Gasteiger partial charge in [-0.25, -0.2) is 4.79 Å². The van der Waals surface area contributed by atoms with Crippen LogP contribution < -0.4 is 0 Å². The molecule has 0 aliphatic rings. The van der Waals surface area contributed by atoms with Crippen LogP contribution in [0.25, 0.3) is 0 Å². The quantitative estimate of drug-likeness (QED) is 0.620. The molecule has 2 nitrogen and oxygen atoms in total. The Morgan fingerprint density at radius 3 is 2.11 bits per heavy atom. The lowest BCUT2D eigenvalue weighted by molar-refractivity contribution is -0.280. The number of ether oxygens (including phenoxy) is 1. The van der Waals surface area contributed by atoms with Crippen LogP contribution in [0.2, 0.25) is 0 Å². The van der Waals surface area contributed by atoms with E-state index in [4.69, 9.17) is 0 Å². The van der Waals surface area contributed by atoms with Crippen LogP contribution in [-0.4, -0.2) is 24.7 Å². The normalized spacial score (nSPS) is 12.3. The van der Waals surface area contributed by atoms with E-state index < -0.39 is 24.7 Å². The van der Waals surface area contributed by atoms with Crippen molar-refractivity contribution in [3.63, 3.8) is 0 Å². The van der Waals surface area contributed by atoms with Crippen LogP contribution in [0.4, 0.5) is 22.0 Å². The summed E-state index contributed by atoms with van der Waals surface area (Å²) in [7, 11) is 0. The van der Waals surface area contributed by atoms with Crippen LogP contribution >= 0.6 is 0 Å². The summed E-state index contributed by atoms with van der Waals surface area (Å²) >= 11 is 0. The third-order valence-electron chi connectivity index (χ3n) is 2.08. The summed E-state index contributed by atoms with van der Waals surface area (Å²) in [4.78, 5) is 10.6. The zero-order valence-corrected chi connectivity index (χ0v) is 9.01. The van der Waals surface area contributed by atoms with E-state index in [1.165, 1.54) is 0 Å². The van der Waals surface area contributed by atoms with Gasteiger partial charge in [0, 0.05) is 6.42 Å². The summed E-state index contributed by atoms with van der Waals surface area (Å²) < 4.78 is 64.2. The van der Waals surface area contributed by atoms with E-state index in [0.29, 0.717) is 5.56 Å². The van der Waals surface area contributed by atoms with Crippen LogP contribution in [0.15, 0.2) is 30.3 Å². The van der Waals surface area contributed by atoms with Gasteiger partial charge in [0.25, 0.3) is 0 Å². The average molecular weight is 268 g/mol. The number of esters is 1. The summed E-state index contributed by atoms with van der Waals surface area (Å²) in [6.45, 7) is -0.533. The third kappa shape index (κ3) is 3.41. The SMILES string of the molecule is O=C(OCCc1ccccc1)C(F)(F)C(F)(F)F. The molecule has 18 heavy (non-hydrogen) atoms. The Bertz CT molecular complexity index is 400. The van der Waals surface area contributed by atoms with Crippen molar-refractivity contribution in [3.8, 4) is 0 Å². The third-order valence-corrected chi connectivity index (χ3v) is 2.08. The topological polar surface area (TPSA) is 26.3 Å². The highest BCUT2D eigenvalue weighted by molar-refractivity contribution is 5.78. The van der Waals surface area contributed by atoms with Gasteiger partial charge in [-0.15, -0.1) is 0 Å². The Morgan fingerprint density at radius 2 is 1.61 bits per heavy atom. The van der Waals surface area contributed by atoms with Crippen molar-refractivity contribution in [1.82, 2.24) is 0 Å². The van der Waals surface area contributed by atoms with E-state index in [-0.39, 0.29) is 6.42 Å². The van der Waals surface area contributed by atoms with Crippen molar-refractivity contribution in [2.75, 3.05) is 6.61 Å². The van der Waals surface area contributed by atoms with E-state index in [0.717, 1.165) is 0 Å². The predicted molar refractivity (Wildman–Crippen MR) is 52.1 cm³/mol. The van der Waals surface area contributed by atoms with Gasteiger partial charge < -0.3 is 4.74 Å². The van der Waals surface area contributed by atoms with E-state index in [2.05, 4.69) is 4.74 Å². The fourth-order valence-electron chi connectivity index (χ4n) is 1.11. The first kappa shape index (κ1) is 14.4. The van der Waals surface area contributed by atoms with Crippen LogP contribution in [0.3, 0.4) is 0 Å². The van der Waals surface area contributed by atoms with Crippen molar-refractivity contribution >= 4 is 5.97 Å². The molecule has 0 radical (unpaired) electrons. The molecule has 1 rings (SSSR count). The second-order valence-electron chi connectivity index (χ2n) is 3.44. The molecule has 0 atom stereocenters. The van der Waals surface area contributed by atoms with Gasteiger partial charge in [0.05, 0.1) is 6.61 Å². The molecule has 1 aromatic carbocycles. The molecule has 7 heteroatoms. The second-order valence-corrected chi connectivity index (χ2v) is 3.44. The maximum Gasteiger partial charge on any atom is 0.465 e. The lowest BCUT2D eigenvalue weighted by atomic mass is 10.2. The zero-order valence-electron chi connectivity index (χ0n) is 9.01. The average Bonchev–Trinajstić information content (AvgIpc) is 2.28. The van der Waals surface area contributed by atoms with E-state index in [9.17, 15) is 26.7 Å². The molecule has 0 N–H and O–H groups in total. The summed E-state index contributed by atoms with van der Waals surface area (Å²) in [5, 5.41) is 0. The molecule has 0 unspecified atom stereocenters. The highest BCUT2D eigenvalue weighted by Gasteiger charge is 2.64. The van der Waals surface area contributed by atoms with E-state index >= 15 is 0 Å². The summed E-state index contributed by atoms with van der Waals surface area (Å²) in [5.74, 6) is -8.05. The smallest absolute Gasteiger partial charge is 0.461 e. The highest BCUT2D eigenvalue weighted by atomic mass is 19.4. The first-order valence-corrected chi connectivity index (χ1v) is 4.91. The second kappa shape index (κ2) is 5.32. The fourth-order valence-corrected chi connectivity index (χ4v) is 1.11. The standard InChI is InChI=1S/C11H9F5O2/c12-10(13,11(14,15)16)9(17)18-7-6-8-4-2-1-3-5-8/h1-5H,6-7H2. The van der Waals surface area contributed by atoms with Crippen LogP contribution in [0.1, 0.15) is 5.56 Å². The molecule has 1 aromatic rings. The van der Waals surface area contributed by atoms with Crippen molar-refractivity contribution in [2.24, 2.45) is 0 Å². The first-order valence-electron chi connectivity index (χ1n) is 4.91. The van der Waals surface area contributed by atoms with Gasteiger partial charge in [-0.05, 0) is 5.56 Å². The molecule has 0 saturated heterocycles. The monoisotopic (exact) mass is 268 g/mol. The minimum Gasteiger partial charge on any atom is -0.461 e. The largest absolute Gasteiger partial charge is 0.465 e. The van der Waals surface area contributed by atoms with Crippen molar-refractivity contribution in [2.45, 2.75) is 18.5 Å². The van der Waals surface area contributed by atoms with Gasteiger partial charge in [0.2, 0.25) is 0 Å². The van der Waals surface area contributed by atoms with Crippen molar-refractivity contribution in [1.29, 1.82) is 0 Å². The zero-order chi connectivity index (χ0) is 13.8. The number of benzene rings is 1. The molecule has 100 valence electrons. The number of alkyl halides is 5. The van der Waals surface area contributed by atoms with E-state index in [1.807, 2.05) is 0 Å². The van der Waals surface area contributed by atoms with Gasteiger partial charge in [-0.3, -0.25) is 0 Å². The van der Waals surface area contributed by atoms with Gasteiger partial charge in [0.1, 0.15) is 0 Å². The molecule has 0 fully saturated rings. The van der Waals surface area contributed by atoms with Crippen molar-refractivity contribution in [3.05, 3.63) is 35.9 Å². The maximum absolute atomic E-state index is 12.5. The summed E-state index contributed by atoms with van der Waals surface area (Å²) in [6, 6.07) is 8.32. The van der Waals surface area contributed by atoms with Gasteiger partial charge in [-0.2, -0.15) is 22.0 Å². The highest BCUT2D eigenvalue weighted by Crippen LogP contribution is 2.36. The van der Waals surface area contributed by atoms with Gasteiger partial charge in [0.15, 0.2) is 0 Å². The number of carbonyl (C=O) groups is 1. The Kier molecular flexibility index (Phi) is 4.26. The molecule has 0 aliphatic heterocycles. The summed E-state index contributed by atoms with van der Waals surface area (Å²) in [5.41, 5.74) is 0.667. The van der Waals surface area contributed by atoms with Gasteiger partial charge in [-0.1, -0.05) is 30.3 Å². The number of halogens is 5. The first-order chi connectivity index (χ1) is 8.25. The molecule has 0 aliphatic carbocycles.